The Labute approximate surface area is 54.8 Å². The predicted molar refractivity (Wildman–Crippen MR) is 29.1 cm³/mol. The van der Waals surface area contributed by atoms with Gasteiger partial charge < -0.3 is 16.0 Å². The smallest absolute Gasteiger partial charge is 0.337 e. The van der Waals surface area contributed by atoms with E-state index in [0.29, 0.717) is 0 Å². The number of hydrogen-bond acceptors (Lipinski definition) is 5. The van der Waals surface area contributed by atoms with E-state index in [1.54, 1.807) is 0 Å². The zero-order valence-corrected chi connectivity index (χ0v) is 4.63. The average Bonchev–Trinajstić information content (AvgIpc) is 1.90. The van der Waals surface area contributed by atoms with E-state index in [9.17, 15) is 10.1 Å². The summed E-state index contributed by atoms with van der Waals surface area (Å²) in [4.78, 5) is 9.48. The van der Waals surface area contributed by atoms with E-state index >= 15 is 0 Å². The predicted octanol–water partition coefficient (Wildman–Crippen LogP) is -0.574. The van der Waals surface area contributed by atoms with Gasteiger partial charge in [-0.25, -0.2) is 0 Å². The highest BCUT2D eigenvalue weighted by molar-refractivity contribution is 5.96. The molecular formula is C2H2N6O2. The Bertz CT molecular complexity index is 222. The van der Waals surface area contributed by atoms with Crippen molar-refractivity contribution in [3.05, 3.63) is 10.1 Å². The van der Waals surface area contributed by atoms with Gasteiger partial charge in [-0.2, -0.15) is 5.26 Å². The topological polar surface area (TPSA) is 130 Å². The van der Waals surface area contributed by atoms with Crippen LogP contribution >= 0.6 is 0 Å². The lowest BCUT2D eigenvalue weighted by molar-refractivity contribution is -0.493. The van der Waals surface area contributed by atoms with Crippen molar-refractivity contribution in [3.8, 4) is 6.07 Å². The van der Waals surface area contributed by atoms with Crippen molar-refractivity contribution in [2.45, 2.75) is 0 Å². The molecule has 0 atom stereocenters. The van der Waals surface area contributed by atoms with Gasteiger partial charge >= 0.3 is 5.84 Å². The lowest BCUT2D eigenvalue weighted by Crippen LogP contribution is -1.94. The van der Waals surface area contributed by atoms with Crippen LogP contribution in [-0.2, 0) is 0 Å². The van der Waals surface area contributed by atoms with Crippen LogP contribution in [0.3, 0.4) is 0 Å². The minimum absolute atomic E-state index is 0.545. The molecule has 0 saturated heterocycles. The summed E-state index contributed by atoms with van der Waals surface area (Å²) in [5, 5.41) is 24.3. The van der Waals surface area contributed by atoms with Crippen LogP contribution in [-0.4, -0.2) is 10.9 Å². The van der Waals surface area contributed by atoms with Gasteiger partial charge in [0.15, 0.2) is 11.3 Å². The van der Waals surface area contributed by atoms with Crippen molar-refractivity contribution in [3.63, 3.8) is 0 Å². The number of nitro groups is 1. The summed E-state index contributed by atoms with van der Waals surface area (Å²) >= 11 is 0. The minimum atomic E-state index is -1.07. The molecular weight excluding hydrogens is 140 g/mol. The van der Waals surface area contributed by atoms with Crippen LogP contribution < -0.4 is 5.84 Å². The Hall–Kier alpha value is -2.04. The van der Waals surface area contributed by atoms with E-state index in [1.165, 1.54) is 6.07 Å². The molecule has 52 valence electrons. The summed E-state index contributed by atoms with van der Waals surface area (Å²) in [5.74, 6) is 4.01. The molecule has 0 fully saturated rings. The molecule has 0 aliphatic heterocycles. The van der Waals surface area contributed by atoms with Gasteiger partial charge in [0.05, 0.1) is 5.03 Å². The molecule has 0 aromatic heterocycles. The Morgan fingerprint density at radius 2 is 2.40 bits per heavy atom. The van der Waals surface area contributed by atoms with E-state index in [-0.39, 0.29) is 0 Å². The van der Waals surface area contributed by atoms with Crippen molar-refractivity contribution in [2.24, 2.45) is 21.3 Å². The summed E-state index contributed by atoms with van der Waals surface area (Å²) in [6.45, 7) is 0. The fraction of sp³-hybridized carbons (Fsp3) is 0. The molecule has 0 aliphatic carbocycles. The zero-order valence-electron chi connectivity index (χ0n) is 4.63. The third-order valence-corrected chi connectivity index (χ3v) is 0.435. The second-order valence-corrected chi connectivity index (χ2v) is 0.992. The maximum Gasteiger partial charge on any atom is 0.389 e. The molecule has 0 aliphatic rings. The van der Waals surface area contributed by atoms with E-state index in [4.69, 9.17) is 5.26 Å². The minimum Gasteiger partial charge on any atom is -0.337 e. The second kappa shape index (κ2) is 3.90. The van der Waals surface area contributed by atoms with E-state index in [1.807, 2.05) is 0 Å². The Balaban J connectivity index is 4.16. The van der Waals surface area contributed by atoms with Crippen molar-refractivity contribution >= 4 is 5.84 Å². The first kappa shape index (κ1) is 7.96. The molecule has 0 amide bonds. The molecule has 0 aromatic rings. The molecule has 8 nitrogen and oxygen atoms in total. The summed E-state index contributed by atoms with van der Waals surface area (Å²) in [7, 11) is 0. The van der Waals surface area contributed by atoms with Gasteiger partial charge in [0.1, 0.15) is 5.11 Å². The van der Waals surface area contributed by atoms with Crippen LogP contribution in [0.4, 0.5) is 0 Å². The second-order valence-electron chi connectivity index (χ2n) is 0.992. The molecule has 0 spiro atoms. The van der Waals surface area contributed by atoms with Gasteiger partial charge in [0.2, 0.25) is 0 Å². The Morgan fingerprint density at radius 3 is 2.70 bits per heavy atom. The van der Waals surface area contributed by atoms with Crippen LogP contribution in [0.2, 0.25) is 0 Å². The van der Waals surface area contributed by atoms with Crippen LogP contribution in [0.25, 0.3) is 0 Å². The molecule has 0 rings (SSSR count). The van der Waals surface area contributed by atoms with E-state index in [2.05, 4.69) is 21.3 Å². The molecule has 0 bridgehead atoms. The van der Waals surface area contributed by atoms with Crippen LogP contribution in [0.15, 0.2) is 15.4 Å². The molecule has 0 heterocycles. The maximum absolute atomic E-state index is 9.48. The summed E-state index contributed by atoms with van der Waals surface area (Å²) in [6, 6.07) is 1.37. The fourth-order valence-corrected chi connectivity index (χ4v) is 0.156. The largest absolute Gasteiger partial charge is 0.389 e. The number of nitriles is 1. The van der Waals surface area contributed by atoms with Crippen LogP contribution in [0, 0.1) is 21.4 Å². The lowest BCUT2D eigenvalue weighted by atomic mass is 10.7. The first-order chi connectivity index (χ1) is 4.70. The molecule has 2 N–H and O–H groups in total. The van der Waals surface area contributed by atoms with Crippen molar-refractivity contribution in [1.82, 2.24) is 0 Å². The third kappa shape index (κ3) is 3.03. The Morgan fingerprint density at radius 1 is 1.80 bits per heavy atom. The number of hydrazone groups is 1. The molecule has 0 saturated carbocycles. The first-order valence-corrected chi connectivity index (χ1v) is 1.94. The SMILES string of the molecule is N#CC(N=N[N+](=O)[O-])=NN. The van der Waals surface area contributed by atoms with Crippen molar-refractivity contribution < 1.29 is 5.03 Å². The number of nitrogens with two attached hydrogens (primary N) is 1. The van der Waals surface area contributed by atoms with Gasteiger partial charge in [-0.3, -0.25) is 0 Å². The number of nitrogens with zero attached hydrogens (tertiary/aromatic N) is 5. The van der Waals surface area contributed by atoms with Crippen LogP contribution in [0.5, 0.6) is 0 Å². The molecule has 8 heteroatoms. The standard InChI is InChI=1S/C2H2N6O2/c3-1-2(5-4)6-7-8(9)10/h4H2. The van der Waals surface area contributed by atoms with E-state index in [0.717, 1.165) is 0 Å². The highest BCUT2D eigenvalue weighted by Crippen LogP contribution is 1.79. The number of amidine groups is 1. The van der Waals surface area contributed by atoms with Crippen molar-refractivity contribution in [1.29, 1.82) is 5.26 Å². The van der Waals surface area contributed by atoms with Gasteiger partial charge in [0.25, 0.3) is 0 Å². The highest BCUT2D eigenvalue weighted by Gasteiger charge is 2.00. The summed E-state index contributed by atoms with van der Waals surface area (Å²) in [5.41, 5.74) is 0. The number of hydrogen-bond donors (Lipinski definition) is 1. The molecule has 10 heavy (non-hydrogen) atoms. The molecule has 0 radical (unpaired) electrons. The van der Waals surface area contributed by atoms with Crippen molar-refractivity contribution in [2.75, 3.05) is 0 Å². The molecule has 0 unspecified atom stereocenters. The maximum atomic E-state index is 9.48. The number of rotatable bonds is 1. The summed E-state index contributed by atoms with van der Waals surface area (Å²) < 4.78 is 0. The monoisotopic (exact) mass is 142 g/mol. The fourth-order valence-electron chi connectivity index (χ4n) is 0.156. The van der Waals surface area contributed by atoms with Crippen LogP contribution in [0.1, 0.15) is 0 Å². The average molecular weight is 142 g/mol. The quantitative estimate of drug-likeness (QED) is 0.131. The molecule has 0 aromatic carbocycles. The normalized spacial score (nSPS) is 11.3. The van der Waals surface area contributed by atoms with Gasteiger partial charge in [-0.1, -0.05) is 0 Å². The lowest BCUT2D eigenvalue weighted by Gasteiger charge is -1.74. The first-order valence-electron chi connectivity index (χ1n) is 1.94. The third-order valence-electron chi connectivity index (χ3n) is 0.435. The van der Waals surface area contributed by atoms with Gasteiger partial charge in [-0.05, 0) is 0 Å². The van der Waals surface area contributed by atoms with E-state index < -0.39 is 10.9 Å². The summed E-state index contributed by atoms with van der Waals surface area (Å²) in [6.07, 6.45) is 0. The van der Waals surface area contributed by atoms with Gasteiger partial charge in [0, 0.05) is 0 Å². The van der Waals surface area contributed by atoms with Gasteiger partial charge in [-0.15, -0.1) is 5.10 Å². The highest BCUT2D eigenvalue weighted by atomic mass is 16.7. The zero-order chi connectivity index (χ0) is 7.98. The Kier molecular flexibility index (Phi) is 3.11.